The molecule has 4 aliphatic rings. The van der Waals surface area contributed by atoms with Gasteiger partial charge in [0.2, 0.25) is 5.91 Å². The number of hydrogen-bond acceptors (Lipinski definition) is 2. The van der Waals surface area contributed by atoms with Gasteiger partial charge in [-0.3, -0.25) is 4.79 Å². The summed E-state index contributed by atoms with van der Waals surface area (Å²) in [6.07, 6.45) is 8.68. The van der Waals surface area contributed by atoms with Crippen LogP contribution >= 0.6 is 0 Å². The van der Waals surface area contributed by atoms with Crippen molar-refractivity contribution in [1.29, 1.82) is 5.26 Å². The second-order valence-electron chi connectivity index (χ2n) is 8.85. The van der Waals surface area contributed by atoms with Crippen molar-refractivity contribution in [2.45, 2.75) is 78.2 Å². The van der Waals surface area contributed by atoms with E-state index in [0.29, 0.717) is 16.7 Å². The topological polar surface area (TPSA) is 52.9 Å². The maximum absolute atomic E-state index is 13.0. The first-order valence-electron chi connectivity index (χ1n) is 8.53. The molecule has 0 radical (unpaired) electrons. The van der Waals surface area contributed by atoms with Crippen LogP contribution in [0.25, 0.3) is 0 Å². The van der Waals surface area contributed by atoms with Crippen molar-refractivity contribution in [3.8, 4) is 6.07 Å². The molecule has 116 valence electrons. The molecular formula is C18H28N2O. The molecule has 4 saturated carbocycles. The Hall–Kier alpha value is -1.04. The van der Waals surface area contributed by atoms with Crippen LogP contribution in [0.3, 0.4) is 0 Å². The van der Waals surface area contributed by atoms with Gasteiger partial charge in [-0.25, -0.2) is 0 Å². The van der Waals surface area contributed by atoms with Gasteiger partial charge in [-0.1, -0.05) is 27.2 Å². The molecule has 3 atom stereocenters. The van der Waals surface area contributed by atoms with Gasteiger partial charge in [-0.2, -0.15) is 5.26 Å². The van der Waals surface area contributed by atoms with Crippen molar-refractivity contribution in [1.82, 2.24) is 5.32 Å². The number of carbonyl (C=O) groups excluding carboxylic acids is 1. The molecule has 0 aromatic heterocycles. The van der Waals surface area contributed by atoms with E-state index in [9.17, 15) is 10.1 Å². The van der Waals surface area contributed by atoms with Crippen LogP contribution in [0.5, 0.6) is 0 Å². The number of nitrogens with one attached hydrogen (secondary N) is 1. The van der Waals surface area contributed by atoms with E-state index in [1.54, 1.807) is 0 Å². The van der Waals surface area contributed by atoms with Gasteiger partial charge in [0.1, 0.15) is 6.04 Å². The van der Waals surface area contributed by atoms with Crippen molar-refractivity contribution in [2.75, 3.05) is 0 Å². The van der Waals surface area contributed by atoms with Crippen LogP contribution in [-0.4, -0.2) is 11.9 Å². The van der Waals surface area contributed by atoms with Gasteiger partial charge in [0.15, 0.2) is 0 Å². The molecule has 0 aliphatic heterocycles. The lowest BCUT2D eigenvalue weighted by Crippen LogP contribution is -2.60. The molecule has 0 saturated heterocycles. The lowest BCUT2D eigenvalue weighted by Gasteiger charge is -2.64. The third-order valence-corrected chi connectivity index (χ3v) is 6.15. The Kier molecular flexibility index (Phi) is 3.35. The van der Waals surface area contributed by atoms with Gasteiger partial charge < -0.3 is 5.32 Å². The molecule has 3 nitrogen and oxygen atoms in total. The summed E-state index contributed by atoms with van der Waals surface area (Å²) in [4.78, 5) is 13.0. The average molecular weight is 288 g/mol. The van der Waals surface area contributed by atoms with Crippen molar-refractivity contribution < 1.29 is 4.79 Å². The highest BCUT2D eigenvalue weighted by Crippen LogP contribution is 2.69. The molecule has 3 heteroatoms. The lowest BCUT2D eigenvalue weighted by molar-refractivity contribution is -0.170. The zero-order chi connectivity index (χ0) is 15.3. The summed E-state index contributed by atoms with van der Waals surface area (Å²) < 4.78 is 0. The molecule has 4 aliphatic carbocycles. The molecule has 4 bridgehead atoms. The minimum Gasteiger partial charge on any atom is -0.340 e. The number of amides is 1. The summed E-state index contributed by atoms with van der Waals surface area (Å²) in [6, 6.07) is 1.94. The second-order valence-corrected chi connectivity index (χ2v) is 8.85. The Labute approximate surface area is 128 Å². The van der Waals surface area contributed by atoms with Gasteiger partial charge >= 0.3 is 0 Å². The van der Waals surface area contributed by atoms with Crippen molar-refractivity contribution >= 4 is 5.91 Å². The summed E-state index contributed by atoms with van der Waals surface area (Å²) in [5.41, 5.74) is 0.503. The van der Waals surface area contributed by atoms with E-state index >= 15 is 0 Å². The highest BCUT2D eigenvalue weighted by molar-refractivity contribution is 5.84. The summed E-state index contributed by atoms with van der Waals surface area (Å²) in [6.45, 7) is 6.82. The Balaban J connectivity index is 1.81. The summed E-state index contributed by atoms with van der Waals surface area (Å²) in [7, 11) is 0. The number of hydrogen-bond donors (Lipinski definition) is 1. The van der Waals surface area contributed by atoms with Crippen LogP contribution in [0.15, 0.2) is 0 Å². The van der Waals surface area contributed by atoms with E-state index in [4.69, 9.17) is 0 Å². The molecule has 0 aromatic carbocycles. The highest BCUT2D eigenvalue weighted by Gasteiger charge is 2.62. The van der Waals surface area contributed by atoms with Crippen LogP contribution in [0.2, 0.25) is 0 Å². The fourth-order valence-electron chi connectivity index (χ4n) is 6.47. The van der Waals surface area contributed by atoms with Crippen LogP contribution in [0.1, 0.15) is 72.1 Å². The first-order chi connectivity index (χ1) is 9.82. The predicted octanol–water partition coefficient (Wildman–Crippen LogP) is 3.79. The Bertz CT molecular complexity index is 474. The van der Waals surface area contributed by atoms with Crippen LogP contribution in [0, 0.1) is 33.5 Å². The van der Waals surface area contributed by atoms with Gasteiger partial charge in [-0.15, -0.1) is 0 Å². The molecule has 0 spiro atoms. The zero-order valence-electron chi connectivity index (χ0n) is 13.7. The van der Waals surface area contributed by atoms with E-state index in [0.717, 1.165) is 32.1 Å². The van der Waals surface area contributed by atoms with Crippen molar-refractivity contribution in [3.63, 3.8) is 0 Å². The minimum absolute atomic E-state index is 0.170. The first-order valence-corrected chi connectivity index (χ1v) is 8.53. The quantitative estimate of drug-likeness (QED) is 0.855. The fourth-order valence-corrected chi connectivity index (χ4v) is 6.47. The Morgan fingerprint density at radius 2 is 1.86 bits per heavy atom. The monoisotopic (exact) mass is 288 g/mol. The standard InChI is InChI=1S/C18H28N2O/c1-4-5-14(9-19)20-15(21)18-8-13-6-16(2,11-18)10-17(3,7-13)12-18/h13-14H,4-8,10-12H2,1-3H3,(H,20,21). The van der Waals surface area contributed by atoms with E-state index in [2.05, 4.69) is 32.2 Å². The molecule has 0 aromatic rings. The molecule has 4 rings (SSSR count). The van der Waals surface area contributed by atoms with Gasteiger partial charge in [0, 0.05) is 0 Å². The largest absolute Gasteiger partial charge is 0.340 e. The fraction of sp³-hybridized carbons (Fsp3) is 0.889. The van der Waals surface area contributed by atoms with Gasteiger partial charge in [0.25, 0.3) is 0 Å². The highest BCUT2D eigenvalue weighted by atomic mass is 16.2. The average Bonchev–Trinajstić information content (AvgIpc) is 2.33. The molecule has 4 fully saturated rings. The Morgan fingerprint density at radius 3 is 2.33 bits per heavy atom. The van der Waals surface area contributed by atoms with Gasteiger partial charge in [0.05, 0.1) is 11.5 Å². The maximum Gasteiger partial charge on any atom is 0.227 e. The third-order valence-electron chi connectivity index (χ3n) is 6.15. The van der Waals surface area contributed by atoms with Crippen LogP contribution in [0.4, 0.5) is 0 Å². The molecule has 0 heterocycles. The number of nitrogens with zero attached hydrogens (tertiary/aromatic N) is 1. The summed E-state index contributed by atoms with van der Waals surface area (Å²) in [5.74, 6) is 0.887. The summed E-state index contributed by atoms with van der Waals surface area (Å²) >= 11 is 0. The predicted molar refractivity (Wildman–Crippen MR) is 82.3 cm³/mol. The smallest absolute Gasteiger partial charge is 0.227 e. The zero-order valence-corrected chi connectivity index (χ0v) is 13.7. The van der Waals surface area contributed by atoms with Crippen molar-refractivity contribution in [3.05, 3.63) is 0 Å². The second kappa shape index (κ2) is 4.73. The van der Waals surface area contributed by atoms with E-state index in [1.165, 1.54) is 19.3 Å². The van der Waals surface area contributed by atoms with E-state index < -0.39 is 0 Å². The van der Waals surface area contributed by atoms with E-state index in [1.807, 2.05) is 0 Å². The SMILES string of the molecule is CCCC(C#N)NC(=O)C12CC3CC(C)(CC(C)(C3)C1)C2. The number of rotatable bonds is 4. The van der Waals surface area contributed by atoms with Crippen LogP contribution in [-0.2, 0) is 4.79 Å². The molecular weight excluding hydrogens is 260 g/mol. The number of carbonyl (C=O) groups is 1. The molecule has 1 N–H and O–H groups in total. The molecule has 1 amide bonds. The first kappa shape index (κ1) is 14.9. The molecule has 21 heavy (non-hydrogen) atoms. The normalized spacial score (nSPS) is 45.1. The van der Waals surface area contributed by atoms with E-state index in [-0.39, 0.29) is 17.4 Å². The van der Waals surface area contributed by atoms with Crippen LogP contribution < -0.4 is 5.32 Å². The maximum atomic E-state index is 13.0. The van der Waals surface area contributed by atoms with Gasteiger partial charge in [-0.05, 0) is 61.7 Å². The number of nitriles is 1. The van der Waals surface area contributed by atoms with Crippen molar-refractivity contribution in [2.24, 2.45) is 22.2 Å². The molecule has 3 unspecified atom stereocenters. The third kappa shape index (κ3) is 2.47. The minimum atomic E-state index is -0.309. The Morgan fingerprint density at radius 1 is 1.24 bits per heavy atom. The summed E-state index contributed by atoms with van der Waals surface area (Å²) in [5, 5.41) is 12.3. The lowest BCUT2D eigenvalue weighted by atomic mass is 9.40.